The fraction of sp³-hybridized carbons (Fsp3) is 0.350. The Kier molecular flexibility index (Phi) is 3.72. The first-order chi connectivity index (χ1) is 13.1. The standard InChI is InChI=1S/C20H19FN4O2/c21-15-4-11(18-17-1-2-22-19(17)24-10-23-18)3-12(5-15)20(27)25-8-13-6-16(26)7-14(13)9-25/h1-5,10,13-14,16,26H,6-9H2,(H,22,23,24)/t13-,14+,16?. The molecule has 2 N–H and O–H groups in total. The van der Waals surface area contributed by atoms with E-state index in [0.29, 0.717) is 47.4 Å². The smallest absolute Gasteiger partial charge is 0.253 e. The van der Waals surface area contributed by atoms with E-state index in [-0.39, 0.29) is 12.0 Å². The van der Waals surface area contributed by atoms with Gasteiger partial charge in [0.05, 0.1) is 11.8 Å². The van der Waals surface area contributed by atoms with Gasteiger partial charge in [-0.15, -0.1) is 0 Å². The van der Waals surface area contributed by atoms with Crippen LogP contribution in [0.4, 0.5) is 4.39 Å². The predicted octanol–water partition coefficient (Wildman–Crippen LogP) is 2.61. The summed E-state index contributed by atoms with van der Waals surface area (Å²) in [6.45, 7) is 1.25. The van der Waals surface area contributed by atoms with Crippen LogP contribution < -0.4 is 0 Å². The molecule has 1 unspecified atom stereocenters. The molecule has 2 fully saturated rings. The molecular weight excluding hydrogens is 347 g/mol. The van der Waals surface area contributed by atoms with Gasteiger partial charge in [-0.2, -0.15) is 0 Å². The van der Waals surface area contributed by atoms with Gasteiger partial charge < -0.3 is 15.0 Å². The van der Waals surface area contributed by atoms with E-state index in [9.17, 15) is 14.3 Å². The van der Waals surface area contributed by atoms with Crippen molar-refractivity contribution < 1.29 is 14.3 Å². The van der Waals surface area contributed by atoms with Gasteiger partial charge >= 0.3 is 0 Å². The normalized spacial score (nSPS) is 24.5. The molecule has 1 amide bonds. The van der Waals surface area contributed by atoms with Crippen molar-refractivity contribution in [2.75, 3.05) is 13.1 Å². The molecule has 2 aromatic heterocycles. The van der Waals surface area contributed by atoms with E-state index in [4.69, 9.17) is 0 Å². The Labute approximate surface area is 155 Å². The van der Waals surface area contributed by atoms with Crippen LogP contribution >= 0.6 is 0 Å². The molecule has 6 nitrogen and oxygen atoms in total. The fourth-order valence-corrected chi connectivity index (χ4v) is 4.57. The number of halogens is 1. The summed E-state index contributed by atoms with van der Waals surface area (Å²) >= 11 is 0. The molecule has 1 aromatic carbocycles. The van der Waals surface area contributed by atoms with E-state index in [2.05, 4.69) is 15.0 Å². The van der Waals surface area contributed by atoms with E-state index < -0.39 is 5.82 Å². The number of hydrogen-bond donors (Lipinski definition) is 2. The highest BCUT2D eigenvalue weighted by molar-refractivity contribution is 5.97. The highest BCUT2D eigenvalue weighted by atomic mass is 19.1. The number of aliphatic hydroxyl groups excluding tert-OH is 1. The van der Waals surface area contributed by atoms with E-state index in [1.165, 1.54) is 18.5 Å². The molecule has 1 saturated heterocycles. The van der Waals surface area contributed by atoms with E-state index in [1.807, 2.05) is 6.07 Å². The largest absolute Gasteiger partial charge is 0.393 e. The van der Waals surface area contributed by atoms with Gasteiger partial charge in [0.1, 0.15) is 17.8 Å². The second-order valence-corrected chi connectivity index (χ2v) is 7.55. The lowest BCUT2D eigenvalue weighted by Crippen LogP contribution is -2.30. The van der Waals surface area contributed by atoms with Crippen LogP contribution in [0.25, 0.3) is 22.3 Å². The number of aromatic amines is 1. The molecule has 7 heteroatoms. The van der Waals surface area contributed by atoms with Crippen LogP contribution in [0, 0.1) is 17.7 Å². The molecule has 3 aromatic rings. The van der Waals surface area contributed by atoms with Crippen molar-refractivity contribution in [3.8, 4) is 11.3 Å². The van der Waals surface area contributed by atoms with E-state index >= 15 is 0 Å². The average molecular weight is 366 g/mol. The maximum Gasteiger partial charge on any atom is 0.253 e. The summed E-state index contributed by atoms with van der Waals surface area (Å²) in [6.07, 6.45) is 4.42. The molecule has 1 aliphatic heterocycles. The third-order valence-electron chi connectivity index (χ3n) is 5.79. The van der Waals surface area contributed by atoms with Crippen LogP contribution in [0.3, 0.4) is 0 Å². The van der Waals surface area contributed by atoms with Crippen molar-refractivity contribution in [2.24, 2.45) is 11.8 Å². The molecule has 27 heavy (non-hydrogen) atoms. The molecule has 2 aliphatic rings. The highest BCUT2D eigenvalue weighted by Crippen LogP contribution is 2.38. The number of amides is 1. The molecule has 138 valence electrons. The topological polar surface area (TPSA) is 82.1 Å². The summed E-state index contributed by atoms with van der Waals surface area (Å²) in [6, 6.07) is 6.21. The van der Waals surface area contributed by atoms with Crippen LogP contribution in [-0.2, 0) is 0 Å². The minimum Gasteiger partial charge on any atom is -0.393 e. The molecule has 1 aliphatic carbocycles. The van der Waals surface area contributed by atoms with Gasteiger partial charge in [-0.25, -0.2) is 14.4 Å². The summed E-state index contributed by atoms with van der Waals surface area (Å²) in [7, 11) is 0. The second kappa shape index (κ2) is 6.13. The number of fused-ring (bicyclic) bond motifs is 2. The van der Waals surface area contributed by atoms with Gasteiger partial charge in [0, 0.05) is 35.8 Å². The molecule has 1 saturated carbocycles. The molecule has 0 bridgehead atoms. The number of benzene rings is 1. The van der Waals surface area contributed by atoms with Crippen LogP contribution in [-0.4, -0.2) is 50.1 Å². The minimum absolute atomic E-state index is 0.168. The molecule has 0 spiro atoms. The Hall–Kier alpha value is -2.80. The van der Waals surface area contributed by atoms with Gasteiger partial charge in [-0.1, -0.05) is 0 Å². The summed E-state index contributed by atoms with van der Waals surface area (Å²) in [5.41, 5.74) is 2.15. The van der Waals surface area contributed by atoms with E-state index in [1.54, 1.807) is 17.2 Å². The first kappa shape index (κ1) is 16.4. The third-order valence-corrected chi connectivity index (χ3v) is 5.79. The Balaban J connectivity index is 1.48. The molecule has 3 atom stereocenters. The quantitative estimate of drug-likeness (QED) is 0.730. The number of carbonyl (C=O) groups is 1. The van der Waals surface area contributed by atoms with Crippen LogP contribution in [0.1, 0.15) is 23.2 Å². The molecule has 5 rings (SSSR count). The summed E-state index contributed by atoms with van der Waals surface area (Å²) < 4.78 is 14.3. The van der Waals surface area contributed by atoms with Crippen LogP contribution in [0.15, 0.2) is 36.8 Å². The zero-order valence-electron chi connectivity index (χ0n) is 14.6. The Bertz CT molecular complexity index is 1020. The highest BCUT2D eigenvalue weighted by Gasteiger charge is 2.41. The minimum atomic E-state index is -0.465. The van der Waals surface area contributed by atoms with Crippen LogP contribution in [0.5, 0.6) is 0 Å². The Morgan fingerprint density at radius 3 is 2.74 bits per heavy atom. The zero-order chi connectivity index (χ0) is 18.5. The summed E-state index contributed by atoms with van der Waals surface area (Å²) in [5.74, 6) is 0.0589. The summed E-state index contributed by atoms with van der Waals surface area (Å²) in [4.78, 5) is 26.2. The monoisotopic (exact) mass is 366 g/mol. The van der Waals surface area contributed by atoms with Crippen molar-refractivity contribution >= 4 is 16.9 Å². The van der Waals surface area contributed by atoms with Crippen molar-refractivity contribution in [2.45, 2.75) is 18.9 Å². The molecular formula is C20H19FN4O2. The molecule has 3 heterocycles. The Morgan fingerprint density at radius 1 is 1.19 bits per heavy atom. The zero-order valence-corrected chi connectivity index (χ0v) is 14.6. The summed E-state index contributed by atoms with van der Waals surface area (Å²) in [5, 5.41) is 10.6. The van der Waals surface area contributed by atoms with Gasteiger partial charge in [0.15, 0.2) is 0 Å². The fourth-order valence-electron chi connectivity index (χ4n) is 4.57. The number of aliphatic hydroxyl groups is 1. The lowest BCUT2D eigenvalue weighted by Gasteiger charge is -2.18. The third kappa shape index (κ3) is 2.78. The SMILES string of the molecule is O=C(c1cc(F)cc(-c2ncnc3[nH]ccc23)c1)N1C[C@H]2CC(O)C[C@H]2C1. The van der Waals surface area contributed by atoms with Crippen molar-refractivity contribution in [3.05, 3.63) is 48.2 Å². The number of likely N-dealkylation sites (tertiary alicyclic amines) is 1. The average Bonchev–Trinajstić information content (AvgIpc) is 3.34. The number of carbonyl (C=O) groups excluding carboxylic acids is 1. The molecule has 0 radical (unpaired) electrons. The maximum absolute atomic E-state index is 14.3. The van der Waals surface area contributed by atoms with Crippen molar-refractivity contribution in [3.63, 3.8) is 0 Å². The number of H-pyrrole nitrogens is 1. The van der Waals surface area contributed by atoms with Gasteiger partial charge in [0.2, 0.25) is 0 Å². The number of hydrogen-bond acceptors (Lipinski definition) is 4. The van der Waals surface area contributed by atoms with Crippen molar-refractivity contribution in [1.82, 2.24) is 19.9 Å². The maximum atomic E-state index is 14.3. The van der Waals surface area contributed by atoms with E-state index in [0.717, 1.165) is 18.2 Å². The van der Waals surface area contributed by atoms with Gasteiger partial charge in [-0.3, -0.25) is 4.79 Å². The lowest BCUT2D eigenvalue weighted by atomic mass is 10.0. The van der Waals surface area contributed by atoms with Gasteiger partial charge in [-0.05, 0) is 48.9 Å². The van der Waals surface area contributed by atoms with Gasteiger partial charge in [0.25, 0.3) is 5.91 Å². The number of aromatic nitrogens is 3. The predicted molar refractivity (Wildman–Crippen MR) is 97.4 cm³/mol. The number of nitrogens with zero attached hydrogens (tertiary/aromatic N) is 3. The lowest BCUT2D eigenvalue weighted by molar-refractivity contribution is 0.0764. The van der Waals surface area contributed by atoms with Crippen LogP contribution in [0.2, 0.25) is 0 Å². The second-order valence-electron chi connectivity index (χ2n) is 7.55. The first-order valence-corrected chi connectivity index (χ1v) is 9.15. The number of nitrogens with one attached hydrogen (secondary N) is 1. The Morgan fingerprint density at radius 2 is 1.96 bits per heavy atom. The van der Waals surface area contributed by atoms with Crippen molar-refractivity contribution in [1.29, 1.82) is 0 Å². The number of rotatable bonds is 2. The first-order valence-electron chi connectivity index (χ1n) is 9.15.